The van der Waals surface area contributed by atoms with Gasteiger partial charge < -0.3 is 0 Å². The Morgan fingerprint density at radius 2 is 1.71 bits per heavy atom. The second-order valence-corrected chi connectivity index (χ2v) is 3.20. The molecule has 0 saturated heterocycles. The summed E-state index contributed by atoms with van der Waals surface area (Å²) < 4.78 is 4.23. The molecule has 7 nitrogen and oxygen atoms in total. The van der Waals surface area contributed by atoms with Gasteiger partial charge in [-0.15, -0.1) is 0 Å². The molecule has 3 N–H and O–H groups in total. The summed E-state index contributed by atoms with van der Waals surface area (Å²) in [5.74, 6) is -4.21. The van der Waals surface area contributed by atoms with Crippen LogP contribution in [0.1, 0.15) is 12.8 Å². The first-order valence-corrected chi connectivity index (χ1v) is 4.65. The van der Waals surface area contributed by atoms with Crippen molar-refractivity contribution in [2.45, 2.75) is 18.4 Å². The number of carbonyl (C=O) groups excluding carboxylic acids is 1. The Hall–Kier alpha value is -0.890. The predicted octanol–water partition coefficient (Wildman–Crippen LogP) is -1.33. The molecule has 0 amide bonds. The van der Waals surface area contributed by atoms with E-state index in [2.05, 4.69) is 3.24 Å². The van der Waals surface area contributed by atoms with Crippen molar-refractivity contribution in [3.05, 3.63) is 0 Å². The quantitative estimate of drug-likeness (QED) is 0.547. The van der Waals surface area contributed by atoms with Crippen molar-refractivity contribution in [1.82, 2.24) is 0 Å². The summed E-state index contributed by atoms with van der Waals surface area (Å²) in [6, 6.07) is 0. The van der Waals surface area contributed by atoms with Gasteiger partial charge in [-0.3, -0.25) is 0 Å². The number of rotatable bonds is 5. The van der Waals surface area contributed by atoms with Crippen molar-refractivity contribution in [2.75, 3.05) is 0 Å². The predicted molar refractivity (Wildman–Crippen MR) is 35.5 cm³/mol. The van der Waals surface area contributed by atoms with Crippen molar-refractivity contribution in [3.63, 3.8) is 0 Å². The molecule has 0 saturated carbocycles. The molecular formula is C6H7O7Ta. The maximum absolute atomic E-state index is 10.7. The summed E-state index contributed by atoms with van der Waals surface area (Å²) in [7, 11) is 0. The number of hydrogen-bond donors (Lipinski definition) is 3. The molecule has 1 atom stereocenters. The molecule has 0 heterocycles. The number of hydrogen-bond acceptors (Lipinski definition) is 5. The Bertz CT molecular complexity index is 263. The van der Waals surface area contributed by atoms with Crippen molar-refractivity contribution in [2.24, 2.45) is 0 Å². The first-order chi connectivity index (χ1) is 6.31. The van der Waals surface area contributed by atoms with Crippen molar-refractivity contribution < 1.29 is 54.4 Å². The van der Waals surface area contributed by atoms with Gasteiger partial charge in [0, 0.05) is 0 Å². The molecule has 0 aromatic rings. The molecule has 0 spiro atoms. The van der Waals surface area contributed by atoms with E-state index in [0.717, 1.165) is 0 Å². The summed E-state index contributed by atoms with van der Waals surface area (Å²) in [6.45, 7) is 0. The molecule has 0 aromatic heterocycles. The van der Waals surface area contributed by atoms with E-state index < -0.39 is 36.4 Å². The van der Waals surface area contributed by atoms with Gasteiger partial charge in [-0.1, -0.05) is 0 Å². The van der Waals surface area contributed by atoms with E-state index in [0.29, 0.717) is 0 Å². The van der Waals surface area contributed by atoms with Crippen molar-refractivity contribution in [1.29, 1.82) is 0 Å². The molecule has 0 bridgehead atoms. The Kier molecular flexibility index (Phi) is 4.78. The average molecular weight is 372 g/mol. The molecule has 0 radical (unpaired) electrons. The van der Waals surface area contributed by atoms with Crippen LogP contribution in [0.15, 0.2) is 0 Å². The summed E-state index contributed by atoms with van der Waals surface area (Å²) in [5, 5.41) is 26.1. The summed E-state index contributed by atoms with van der Waals surface area (Å²) in [6.07, 6.45) is -1.92. The number of carboxylic acid groups (broad SMARTS) is 2. The van der Waals surface area contributed by atoms with Gasteiger partial charge in [-0.05, 0) is 0 Å². The van der Waals surface area contributed by atoms with Crippen molar-refractivity contribution in [3.8, 4) is 0 Å². The molecular weight excluding hydrogens is 365 g/mol. The van der Waals surface area contributed by atoms with Gasteiger partial charge >= 0.3 is 90.8 Å². The first-order valence-electron chi connectivity index (χ1n) is 3.33. The monoisotopic (exact) mass is 372 g/mol. The molecule has 0 aliphatic heterocycles. The van der Waals surface area contributed by atoms with Crippen molar-refractivity contribution >= 4 is 17.9 Å². The molecule has 1 unspecified atom stereocenters. The SMILES string of the molecule is O=C(O)CC(O)(CC(=O)[O][Ta])C(=O)O. The van der Waals surface area contributed by atoms with E-state index >= 15 is 0 Å². The van der Waals surface area contributed by atoms with Crippen LogP contribution in [0.2, 0.25) is 0 Å². The van der Waals surface area contributed by atoms with Gasteiger partial charge in [-0.25, -0.2) is 0 Å². The van der Waals surface area contributed by atoms with Gasteiger partial charge in [0.2, 0.25) is 0 Å². The topological polar surface area (TPSA) is 121 Å². The Morgan fingerprint density at radius 3 is 2.00 bits per heavy atom. The average Bonchev–Trinajstić information content (AvgIpc) is 2.02. The molecule has 0 fully saturated rings. The van der Waals surface area contributed by atoms with Crippen LogP contribution in [-0.2, 0) is 39.1 Å². The molecule has 0 rings (SSSR count). The maximum atomic E-state index is 10.7. The zero-order valence-electron chi connectivity index (χ0n) is 6.84. The summed E-state index contributed by atoms with van der Waals surface area (Å²) in [4.78, 5) is 31.4. The van der Waals surface area contributed by atoms with E-state index in [1.807, 2.05) is 0 Å². The van der Waals surface area contributed by atoms with Crippen LogP contribution >= 0.6 is 0 Å². The summed E-state index contributed by atoms with van der Waals surface area (Å²) in [5.41, 5.74) is -2.59. The summed E-state index contributed by atoms with van der Waals surface area (Å²) >= 11 is 0.249. The number of carbonyl (C=O) groups is 3. The fourth-order valence-electron chi connectivity index (χ4n) is 0.735. The molecule has 0 aromatic carbocycles. The minimum absolute atomic E-state index is 0.249. The van der Waals surface area contributed by atoms with E-state index in [1.165, 1.54) is 0 Å². The van der Waals surface area contributed by atoms with Crippen LogP contribution in [0.4, 0.5) is 0 Å². The number of aliphatic carboxylic acids is 2. The van der Waals surface area contributed by atoms with Gasteiger partial charge in [0.15, 0.2) is 0 Å². The van der Waals surface area contributed by atoms with Gasteiger partial charge in [0.05, 0.1) is 0 Å². The van der Waals surface area contributed by atoms with Crippen LogP contribution in [-0.4, -0.2) is 38.8 Å². The van der Waals surface area contributed by atoms with Gasteiger partial charge in [0.1, 0.15) is 0 Å². The Labute approximate surface area is 91.1 Å². The second-order valence-electron chi connectivity index (χ2n) is 2.55. The molecule has 14 heavy (non-hydrogen) atoms. The Morgan fingerprint density at radius 1 is 1.21 bits per heavy atom. The first kappa shape index (κ1) is 13.1. The third-order valence-electron chi connectivity index (χ3n) is 1.38. The minimum atomic E-state index is -2.59. The Balaban J connectivity index is 4.63. The van der Waals surface area contributed by atoms with E-state index in [-0.39, 0.29) is 21.5 Å². The zero-order chi connectivity index (χ0) is 11.4. The van der Waals surface area contributed by atoms with Crippen LogP contribution in [0.25, 0.3) is 0 Å². The standard InChI is InChI=1S/C6H8O7.Ta/c7-3(8)1-6(13,5(11)12)2-4(9)10;/h13H,1-2H2,(H,7,8)(H,9,10)(H,11,12);/q;+1/p-1. The number of aliphatic hydroxyl groups is 1. The second kappa shape index (κ2) is 5.11. The van der Waals surface area contributed by atoms with Crippen LogP contribution in [0.3, 0.4) is 0 Å². The van der Waals surface area contributed by atoms with E-state index in [9.17, 15) is 19.5 Å². The van der Waals surface area contributed by atoms with E-state index in [1.54, 1.807) is 0 Å². The van der Waals surface area contributed by atoms with Crippen LogP contribution in [0.5, 0.6) is 0 Å². The number of carboxylic acids is 2. The zero-order valence-corrected chi connectivity index (χ0v) is 10.0. The molecule has 0 aliphatic rings. The fourth-order valence-corrected chi connectivity index (χ4v) is 0.967. The molecule has 78 valence electrons. The van der Waals surface area contributed by atoms with E-state index in [4.69, 9.17) is 10.2 Å². The third kappa shape index (κ3) is 3.88. The fraction of sp³-hybridized carbons (Fsp3) is 0.500. The van der Waals surface area contributed by atoms with Gasteiger partial charge in [0.25, 0.3) is 0 Å². The normalized spacial score (nSPS) is 14.1. The molecule has 0 aliphatic carbocycles. The van der Waals surface area contributed by atoms with Crippen LogP contribution in [0, 0.1) is 0 Å². The third-order valence-corrected chi connectivity index (χ3v) is 2.11. The van der Waals surface area contributed by atoms with Crippen LogP contribution < -0.4 is 0 Å². The molecule has 8 heteroatoms. The van der Waals surface area contributed by atoms with Gasteiger partial charge in [-0.2, -0.15) is 0 Å².